The molecule has 0 saturated carbocycles. The molecule has 0 atom stereocenters. The van der Waals surface area contributed by atoms with E-state index in [-0.39, 0.29) is 21.5 Å². The molecule has 0 aromatic heterocycles. The van der Waals surface area contributed by atoms with Crippen molar-refractivity contribution >= 4 is 33.5 Å². The Morgan fingerprint density at radius 3 is 2.57 bits per heavy atom. The lowest BCUT2D eigenvalue weighted by Gasteiger charge is -2.03. The van der Waals surface area contributed by atoms with E-state index >= 15 is 0 Å². The lowest BCUT2D eigenvalue weighted by Crippen LogP contribution is -1.91. The fraction of sp³-hybridized carbons (Fsp3) is 0.133. The van der Waals surface area contributed by atoms with Crippen LogP contribution in [0.3, 0.4) is 0 Å². The third-order valence-corrected chi connectivity index (χ3v) is 3.74. The van der Waals surface area contributed by atoms with Gasteiger partial charge in [0.25, 0.3) is 5.69 Å². The summed E-state index contributed by atoms with van der Waals surface area (Å²) in [5, 5.41) is 20.8. The summed E-state index contributed by atoms with van der Waals surface area (Å²) >= 11 is 3.10. The van der Waals surface area contributed by atoms with Gasteiger partial charge in [0.2, 0.25) is 0 Å². The number of non-ortho nitro benzene ring substituents is 1. The van der Waals surface area contributed by atoms with E-state index in [4.69, 9.17) is 0 Å². The van der Waals surface area contributed by atoms with Gasteiger partial charge in [-0.3, -0.25) is 15.1 Å². The number of hydrogen-bond acceptors (Lipinski definition) is 4. The number of aliphatic imine (C=N–C) groups is 1. The van der Waals surface area contributed by atoms with Crippen LogP contribution in [0, 0.1) is 24.0 Å². The van der Waals surface area contributed by atoms with Crippen molar-refractivity contribution in [2.75, 3.05) is 0 Å². The van der Waals surface area contributed by atoms with Crippen LogP contribution >= 0.6 is 15.9 Å². The predicted molar refractivity (Wildman–Crippen MR) is 85.6 cm³/mol. The van der Waals surface area contributed by atoms with E-state index in [1.54, 1.807) is 0 Å². The summed E-state index contributed by atoms with van der Waals surface area (Å²) in [7, 11) is 0. The minimum Gasteiger partial charge on any atom is -0.506 e. The zero-order valence-electron chi connectivity index (χ0n) is 11.5. The largest absolute Gasteiger partial charge is 0.506 e. The van der Waals surface area contributed by atoms with Gasteiger partial charge in [-0.1, -0.05) is 6.07 Å². The van der Waals surface area contributed by atoms with Gasteiger partial charge in [-0.2, -0.15) is 0 Å². The molecule has 0 spiro atoms. The molecule has 0 amide bonds. The van der Waals surface area contributed by atoms with Gasteiger partial charge in [0.05, 0.1) is 15.1 Å². The second-order valence-electron chi connectivity index (χ2n) is 4.65. The standard InChI is InChI=1S/C15H13BrN2O3/c1-9-3-4-12(5-10(9)2)17-8-11-6-13(18(20)21)7-14(16)15(11)19/h3-8,19H,1-2H3. The molecule has 5 nitrogen and oxygen atoms in total. The first-order valence-corrected chi connectivity index (χ1v) is 6.96. The van der Waals surface area contributed by atoms with Crippen molar-refractivity contribution in [1.82, 2.24) is 0 Å². The third-order valence-electron chi connectivity index (χ3n) is 3.13. The van der Waals surface area contributed by atoms with Crippen LogP contribution in [0.4, 0.5) is 11.4 Å². The lowest BCUT2D eigenvalue weighted by molar-refractivity contribution is -0.385. The number of nitrogens with zero attached hydrogens (tertiary/aromatic N) is 2. The number of rotatable bonds is 3. The van der Waals surface area contributed by atoms with E-state index in [0.717, 1.165) is 16.8 Å². The fourth-order valence-corrected chi connectivity index (χ4v) is 2.22. The Kier molecular flexibility index (Phi) is 4.37. The molecule has 0 aliphatic carbocycles. The van der Waals surface area contributed by atoms with Crippen molar-refractivity contribution < 1.29 is 10.0 Å². The number of aryl methyl sites for hydroxylation is 2. The number of nitro groups is 1. The van der Waals surface area contributed by atoms with Gasteiger partial charge < -0.3 is 5.11 Å². The average Bonchev–Trinajstić information content (AvgIpc) is 2.43. The normalized spacial score (nSPS) is 11.0. The first-order valence-electron chi connectivity index (χ1n) is 6.16. The molecule has 0 aliphatic heterocycles. The number of phenols is 1. The minimum atomic E-state index is -0.516. The monoisotopic (exact) mass is 348 g/mol. The molecule has 0 aliphatic rings. The molecule has 21 heavy (non-hydrogen) atoms. The summed E-state index contributed by atoms with van der Waals surface area (Å²) in [6, 6.07) is 8.25. The minimum absolute atomic E-state index is 0.0758. The molecule has 0 saturated heterocycles. The average molecular weight is 349 g/mol. The van der Waals surface area contributed by atoms with Gasteiger partial charge in [0.1, 0.15) is 5.75 Å². The van der Waals surface area contributed by atoms with Gasteiger partial charge in [-0.25, -0.2) is 0 Å². The molecule has 108 valence electrons. The highest BCUT2D eigenvalue weighted by Gasteiger charge is 2.13. The van der Waals surface area contributed by atoms with Crippen LogP contribution in [0.5, 0.6) is 5.75 Å². The topological polar surface area (TPSA) is 75.7 Å². The van der Waals surface area contributed by atoms with E-state index in [9.17, 15) is 15.2 Å². The molecular weight excluding hydrogens is 336 g/mol. The van der Waals surface area contributed by atoms with E-state index in [0.29, 0.717) is 0 Å². The Balaban J connectivity index is 2.40. The zero-order valence-corrected chi connectivity index (χ0v) is 13.1. The van der Waals surface area contributed by atoms with Gasteiger partial charge >= 0.3 is 0 Å². The van der Waals surface area contributed by atoms with Gasteiger partial charge in [-0.15, -0.1) is 0 Å². The maximum absolute atomic E-state index is 10.8. The van der Waals surface area contributed by atoms with Crippen LogP contribution in [-0.4, -0.2) is 16.2 Å². The summed E-state index contributed by atoms with van der Waals surface area (Å²) < 4.78 is 0.262. The van der Waals surface area contributed by atoms with E-state index < -0.39 is 4.92 Å². The second kappa shape index (κ2) is 6.05. The van der Waals surface area contributed by atoms with Crippen molar-refractivity contribution in [3.63, 3.8) is 0 Å². The number of halogens is 1. The van der Waals surface area contributed by atoms with Crippen molar-refractivity contribution in [2.45, 2.75) is 13.8 Å². The summed E-state index contributed by atoms with van der Waals surface area (Å²) in [6.07, 6.45) is 1.41. The molecule has 1 N–H and O–H groups in total. The van der Waals surface area contributed by atoms with Crippen LogP contribution in [0.2, 0.25) is 0 Å². The molecule has 2 rings (SSSR count). The molecule has 2 aromatic carbocycles. The molecule has 0 heterocycles. The van der Waals surface area contributed by atoms with Crippen LogP contribution in [0.25, 0.3) is 0 Å². The molecule has 0 bridgehead atoms. The van der Waals surface area contributed by atoms with Crippen molar-refractivity contribution in [2.24, 2.45) is 4.99 Å². The Bertz CT molecular complexity index is 742. The van der Waals surface area contributed by atoms with Crippen LogP contribution in [-0.2, 0) is 0 Å². The Labute approximate surface area is 130 Å². The molecule has 0 radical (unpaired) electrons. The van der Waals surface area contributed by atoms with Crippen molar-refractivity contribution in [1.29, 1.82) is 0 Å². The van der Waals surface area contributed by atoms with Crippen LogP contribution in [0.1, 0.15) is 16.7 Å². The van der Waals surface area contributed by atoms with Crippen LogP contribution < -0.4 is 0 Å². The summed E-state index contributed by atoms with van der Waals surface area (Å²) in [5.41, 5.74) is 3.17. The number of phenolic OH excluding ortho intramolecular Hbond substituents is 1. The maximum Gasteiger partial charge on any atom is 0.271 e. The van der Waals surface area contributed by atoms with Crippen molar-refractivity contribution in [3.8, 4) is 5.75 Å². The zero-order chi connectivity index (χ0) is 15.6. The number of hydrogen-bond donors (Lipinski definition) is 1. The SMILES string of the molecule is Cc1ccc(N=Cc2cc([N+](=O)[O-])cc(Br)c2O)cc1C. The molecular formula is C15H13BrN2O3. The van der Waals surface area contributed by atoms with Gasteiger partial charge in [0, 0.05) is 23.9 Å². The smallest absolute Gasteiger partial charge is 0.271 e. The van der Waals surface area contributed by atoms with E-state index in [1.165, 1.54) is 18.3 Å². The third kappa shape index (κ3) is 3.46. The maximum atomic E-state index is 10.8. The highest BCUT2D eigenvalue weighted by Crippen LogP contribution is 2.32. The van der Waals surface area contributed by atoms with Crippen molar-refractivity contribution in [3.05, 3.63) is 61.6 Å². The lowest BCUT2D eigenvalue weighted by atomic mass is 10.1. The van der Waals surface area contributed by atoms with Gasteiger partial charge in [-0.05, 0) is 53.0 Å². The van der Waals surface area contributed by atoms with E-state index in [1.807, 2.05) is 32.0 Å². The number of aromatic hydroxyl groups is 1. The Morgan fingerprint density at radius 2 is 1.95 bits per heavy atom. The first kappa shape index (κ1) is 15.2. The predicted octanol–water partition coefficient (Wildman–Crippen LogP) is 4.43. The molecule has 6 heteroatoms. The summed E-state index contributed by atoms with van der Waals surface area (Å²) in [4.78, 5) is 14.6. The van der Waals surface area contributed by atoms with Gasteiger partial charge in [0.15, 0.2) is 0 Å². The summed E-state index contributed by atoms with van der Waals surface area (Å²) in [5.74, 6) is -0.0758. The quantitative estimate of drug-likeness (QED) is 0.506. The Morgan fingerprint density at radius 1 is 1.24 bits per heavy atom. The van der Waals surface area contributed by atoms with Crippen LogP contribution in [0.15, 0.2) is 39.8 Å². The highest BCUT2D eigenvalue weighted by atomic mass is 79.9. The van der Waals surface area contributed by atoms with E-state index in [2.05, 4.69) is 20.9 Å². The first-order chi connectivity index (χ1) is 9.88. The number of nitro benzene ring substituents is 1. The molecule has 2 aromatic rings. The summed E-state index contributed by atoms with van der Waals surface area (Å²) in [6.45, 7) is 3.99. The molecule has 0 fully saturated rings. The number of benzene rings is 2. The second-order valence-corrected chi connectivity index (χ2v) is 5.50. The highest BCUT2D eigenvalue weighted by molar-refractivity contribution is 9.10. The Hall–Kier alpha value is -2.21. The fourth-order valence-electron chi connectivity index (χ4n) is 1.76. The molecule has 0 unspecified atom stereocenters.